The minimum atomic E-state index is 0.502. The summed E-state index contributed by atoms with van der Waals surface area (Å²) in [5.74, 6) is 0.891. The van der Waals surface area contributed by atoms with E-state index in [1.807, 2.05) is 30.5 Å². The molecule has 1 fully saturated rings. The Labute approximate surface area is 113 Å². The van der Waals surface area contributed by atoms with Crippen molar-refractivity contribution in [1.82, 2.24) is 14.9 Å². The Bertz CT molecular complexity index is 555. The molecule has 0 amide bonds. The molecular formula is C15H20N4. The molecule has 3 rings (SSSR count). The predicted octanol–water partition coefficient (Wildman–Crippen LogP) is 2.53. The summed E-state index contributed by atoms with van der Waals surface area (Å²) >= 11 is 0. The van der Waals surface area contributed by atoms with Gasteiger partial charge in [0.05, 0.1) is 17.2 Å². The first-order valence-electron chi connectivity index (χ1n) is 7.06. The molecule has 4 heteroatoms. The summed E-state index contributed by atoms with van der Waals surface area (Å²) in [7, 11) is 0. The molecule has 0 saturated carbocycles. The maximum Gasteiger partial charge on any atom is 0.145 e. The van der Waals surface area contributed by atoms with E-state index in [2.05, 4.69) is 27.1 Å². The highest BCUT2D eigenvalue weighted by atomic mass is 15.2. The van der Waals surface area contributed by atoms with E-state index in [1.165, 1.54) is 25.9 Å². The average Bonchev–Trinajstić information content (AvgIpc) is 2.86. The zero-order chi connectivity index (χ0) is 13.1. The molecule has 1 aromatic heterocycles. The number of hydrogen-bond acceptors (Lipinski definition) is 4. The van der Waals surface area contributed by atoms with Crippen LogP contribution >= 0.6 is 0 Å². The smallest absolute Gasteiger partial charge is 0.145 e. The first-order chi connectivity index (χ1) is 9.35. The second kappa shape index (κ2) is 5.53. The molecule has 0 aliphatic carbocycles. The monoisotopic (exact) mass is 256 g/mol. The minimum Gasteiger partial charge on any atom is -0.365 e. The highest BCUT2D eigenvalue weighted by molar-refractivity contribution is 5.75. The summed E-state index contributed by atoms with van der Waals surface area (Å²) < 4.78 is 0. The van der Waals surface area contributed by atoms with Crippen LogP contribution in [0.1, 0.15) is 19.8 Å². The Morgan fingerprint density at radius 2 is 2.16 bits per heavy atom. The van der Waals surface area contributed by atoms with Crippen molar-refractivity contribution in [3.8, 4) is 0 Å². The first kappa shape index (κ1) is 12.4. The van der Waals surface area contributed by atoms with Gasteiger partial charge in [-0.05, 0) is 31.5 Å². The van der Waals surface area contributed by atoms with Crippen molar-refractivity contribution in [3.63, 3.8) is 0 Å². The fraction of sp³-hybridized carbons (Fsp3) is 0.467. The van der Waals surface area contributed by atoms with Gasteiger partial charge in [0.1, 0.15) is 5.82 Å². The fourth-order valence-corrected chi connectivity index (χ4v) is 2.71. The van der Waals surface area contributed by atoms with Gasteiger partial charge in [-0.2, -0.15) is 0 Å². The summed E-state index contributed by atoms with van der Waals surface area (Å²) in [5, 5.41) is 3.51. The van der Waals surface area contributed by atoms with E-state index in [1.54, 1.807) is 0 Å². The van der Waals surface area contributed by atoms with Crippen molar-refractivity contribution >= 4 is 16.9 Å². The zero-order valence-electron chi connectivity index (χ0n) is 11.3. The van der Waals surface area contributed by atoms with E-state index in [0.29, 0.717) is 6.04 Å². The number of aromatic nitrogens is 2. The van der Waals surface area contributed by atoms with Crippen molar-refractivity contribution in [2.45, 2.75) is 25.8 Å². The number of hydrogen-bond donors (Lipinski definition) is 1. The van der Waals surface area contributed by atoms with E-state index in [9.17, 15) is 0 Å². The SMILES string of the molecule is CCCN1CC[C@H](Nc2cnc3ccccc3n2)C1. The average molecular weight is 256 g/mol. The van der Waals surface area contributed by atoms with Crippen LogP contribution in [0.15, 0.2) is 30.5 Å². The molecule has 19 heavy (non-hydrogen) atoms. The lowest BCUT2D eigenvalue weighted by Crippen LogP contribution is -2.27. The van der Waals surface area contributed by atoms with Gasteiger partial charge < -0.3 is 10.2 Å². The van der Waals surface area contributed by atoms with Gasteiger partial charge in [0.15, 0.2) is 0 Å². The molecule has 100 valence electrons. The molecule has 2 aromatic rings. The molecule has 2 heterocycles. The standard InChI is InChI=1S/C15H20N4/c1-2-8-19-9-7-12(11-19)17-15-10-16-13-5-3-4-6-14(13)18-15/h3-6,10,12H,2,7-9,11H2,1H3,(H,17,18)/t12-/m0/s1. The van der Waals surface area contributed by atoms with Gasteiger partial charge in [-0.3, -0.25) is 4.98 Å². The summed E-state index contributed by atoms with van der Waals surface area (Å²) in [6, 6.07) is 8.49. The third-order valence-electron chi connectivity index (χ3n) is 3.61. The van der Waals surface area contributed by atoms with Crippen LogP contribution in [0.5, 0.6) is 0 Å². The van der Waals surface area contributed by atoms with E-state index in [4.69, 9.17) is 0 Å². The van der Waals surface area contributed by atoms with Crippen molar-refractivity contribution in [2.24, 2.45) is 0 Å². The molecule has 1 aliphatic heterocycles. The molecular weight excluding hydrogens is 236 g/mol. The number of likely N-dealkylation sites (tertiary alicyclic amines) is 1. The van der Waals surface area contributed by atoms with Crippen molar-refractivity contribution in [2.75, 3.05) is 25.0 Å². The van der Waals surface area contributed by atoms with Crippen LogP contribution in [-0.2, 0) is 0 Å². The van der Waals surface area contributed by atoms with Gasteiger partial charge in [0.2, 0.25) is 0 Å². The third kappa shape index (κ3) is 2.84. The summed E-state index contributed by atoms with van der Waals surface area (Å²) in [6.07, 6.45) is 4.25. The quantitative estimate of drug-likeness (QED) is 0.912. The molecule has 0 bridgehead atoms. The second-order valence-corrected chi connectivity index (χ2v) is 5.17. The van der Waals surface area contributed by atoms with Crippen LogP contribution in [0.2, 0.25) is 0 Å². The number of anilines is 1. The Morgan fingerprint density at radius 3 is 3.00 bits per heavy atom. The topological polar surface area (TPSA) is 41.0 Å². The molecule has 1 saturated heterocycles. The highest BCUT2D eigenvalue weighted by Gasteiger charge is 2.21. The third-order valence-corrected chi connectivity index (χ3v) is 3.61. The molecule has 4 nitrogen and oxygen atoms in total. The van der Waals surface area contributed by atoms with Crippen LogP contribution in [0.4, 0.5) is 5.82 Å². The Kier molecular flexibility index (Phi) is 3.60. The van der Waals surface area contributed by atoms with Gasteiger partial charge in [0.25, 0.3) is 0 Å². The molecule has 1 atom stereocenters. The fourth-order valence-electron chi connectivity index (χ4n) is 2.71. The van der Waals surface area contributed by atoms with Crippen LogP contribution in [0.3, 0.4) is 0 Å². The lowest BCUT2D eigenvalue weighted by Gasteiger charge is -2.16. The van der Waals surface area contributed by atoms with E-state index in [-0.39, 0.29) is 0 Å². The number of para-hydroxylation sites is 2. The Balaban J connectivity index is 1.68. The van der Waals surface area contributed by atoms with Crippen LogP contribution < -0.4 is 5.32 Å². The van der Waals surface area contributed by atoms with E-state index >= 15 is 0 Å². The Morgan fingerprint density at radius 1 is 1.32 bits per heavy atom. The van der Waals surface area contributed by atoms with Gasteiger partial charge in [-0.15, -0.1) is 0 Å². The minimum absolute atomic E-state index is 0.502. The summed E-state index contributed by atoms with van der Waals surface area (Å²) in [4.78, 5) is 11.6. The lowest BCUT2D eigenvalue weighted by atomic mass is 10.2. The van der Waals surface area contributed by atoms with Crippen LogP contribution in [0, 0.1) is 0 Å². The van der Waals surface area contributed by atoms with Gasteiger partial charge in [-0.25, -0.2) is 4.98 Å². The van der Waals surface area contributed by atoms with Crippen molar-refractivity contribution in [3.05, 3.63) is 30.5 Å². The summed E-state index contributed by atoms with van der Waals surface area (Å²) in [5.41, 5.74) is 1.91. The molecule has 1 N–H and O–H groups in total. The maximum absolute atomic E-state index is 4.62. The lowest BCUT2D eigenvalue weighted by molar-refractivity contribution is 0.337. The van der Waals surface area contributed by atoms with Gasteiger partial charge in [0, 0.05) is 19.1 Å². The predicted molar refractivity (Wildman–Crippen MR) is 78.3 cm³/mol. The van der Waals surface area contributed by atoms with E-state index < -0.39 is 0 Å². The highest BCUT2D eigenvalue weighted by Crippen LogP contribution is 2.16. The first-order valence-corrected chi connectivity index (χ1v) is 7.06. The number of fused-ring (bicyclic) bond motifs is 1. The van der Waals surface area contributed by atoms with Crippen molar-refractivity contribution < 1.29 is 0 Å². The molecule has 0 unspecified atom stereocenters. The molecule has 0 radical (unpaired) electrons. The molecule has 1 aliphatic rings. The van der Waals surface area contributed by atoms with Gasteiger partial charge in [-0.1, -0.05) is 19.1 Å². The number of benzene rings is 1. The summed E-state index contributed by atoms with van der Waals surface area (Å²) in [6.45, 7) is 5.73. The molecule has 1 aromatic carbocycles. The normalized spacial score (nSPS) is 19.9. The van der Waals surface area contributed by atoms with Gasteiger partial charge >= 0.3 is 0 Å². The van der Waals surface area contributed by atoms with Crippen molar-refractivity contribution in [1.29, 1.82) is 0 Å². The zero-order valence-corrected chi connectivity index (χ0v) is 11.3. The number of nitrogens with one attached hydrogen (secondary N) is 1. The second-order valence-electron chi connectivity index (χ2n) is 5.17. The maximum atomic E-state index is 4.62. The number of nitrogens with zero attached hydrogens (tertiary/aromatic N) is 3. The van der Waals surface area contributed by atoms with Crippen LogP contribution in [0.25, 0.3) is 11.0 Å². The largest absolute Gasteiger partial charge is 0.365 e. The molecule has 0 spiro atoms. The van der Waals surface area contributed by atoms with E-state index in [0.717, 1.165) is 23.4 Å². The Hall–Kier alpha value is -1.68. The van der Waals surface area contributed by atoms with Crippen LogP contribution in [-0.4, -0.2) is 40.5 Å². The number of rotatable bonds is 4.